The lowest BCUT2D eigenvalue weighted by atomic mass is 10.2. The summed E-state index contributed by atoms with van der Waals surface area (Å²) in [7, 11) is 1.42. The molecule has 0 saturated carbocycles. The third-order valence-electron chi connectivity index (χ3n) is 4.16. The molecule has 3 aromatic rings. The van der Waals surface area contributed by atoms with E-state index in [1.54, 1.807) is 13.0 Å². The van der Waals surface area contributed by atoms with Gasteiger partial charge in [0.05, 0.1) is 13.2 Å². The van der Waals surface area contributed by atoms with E-state index in [2.05, 4.69) is 10.3 Å². The molecule has 1 heterocycles. The standard InChI is InChI=1S/C20H19F2N3O4.ClH/c1-10(23)18-17(19(27)24-9-12-3-5-13(21)8-14(12)22)25-20(29-18)11-4-6-16(28-2)15(26)7-11;/h3-8,10,26H,9,23H2,1-2H3,(H,24,27);1H/t10-;/m0./s1. The highest BCUT2D eigenvalue weighted by atomic mass is 35.5. The first kappa shape index (κ1) is 23.1. The number of hydrogen-bond donors (Lipinski definition) is 3. The van der Waals surface area contributed by atoms with E-state index in [0.717, 1.165) is 12.1 Å². The Kier molecular flexibility index (Phi) is 7.36. The van der Waals surface area contributed by atoms with Gasteiger partial charge in [0.25, 0.3) is 5.91 Å². The first-order valence-corrected chi connectivity index (χ1v) is 8.66. The number of carbonyl (C=O) groups is 1. The summed E-state index contributed by atoms with van der Waals surface area (Å²) < 4.78 is 37.4. The number of halogens is 3. The fourth-order valence-corrected chi connectivity index (χ4v) is 2.67. The molecule has 160 valence electrons. The lowest BCUT2D eigenvalue weighted by molar-refractivity contribution is 0.0943. The Morgan fingerprint density at radius 3 is 2.63 bits per heavy atom. The Bertz CT molecular complexity index is 1060. The molecule has 30 heavy (non-hydrogen) atoms. The van der Waals surface area contributed by atoms with E-state index >= 15 is 0 Å². The van der Waals surface area contributed by atoms with Crippen LogP contribution < -0.4 is 15.8 Å². The van der Waals surface area contributed by atoms with Gasteiger partial charge in [0.15, 0.2) is 23.0 Å². The molecule has 0 aliphatic rings. The van der Waals surface area contributed by atoms with Crippen molar-refractivity contribution in [1.82, 2.24) is 10.3 Å². The molecule has 0 fully saturated rings. The van der Waals surface area contributed by atoms with Crippen LogP contribution in [0.5, 0.6) is 11.5 Å². The van der Waals surface area contributed by atoms with Gasteiger partial charge in [-0.2, -0.15) is 0 Å². The van der Waals surface area contributed by atoms with Gasteiger partial charge in [0.2, 0.25) is 5.89 Å². The minimum atomic E-state index is -0.771. The van der Waals surface area contributed by atoms with Gasteiger partial charge in [-0.25, -0.2) is 13.8 Å². The van der Waals surface area contributed by atoms with E-state index in [-0.39, 0.29) is 53.4 Å². The van der Waals surface area contributed by atoms with Crippen molar-refractivity contribution in [1.29, 1.82) is 0 Å². The van der Waals surface area contributed by atoms with Crippen LogP contribution in [0.4, 0.5) is 8.78 Å². The third-order valence-corrected chi connectivity index (χ3v) is 4.16. The highest BCUT2D eigenvalue weighted by Gasteiger charge is 2.24. The number of amides is 1. The highest BCUT2D eigenvalue weighted by molar-refractivity contribution is 5.94. The van der Waals surface area contributed by atoms with Gasteiger partial charge in [-0.05, 0) is 31.2 Å². The Morgan fingerprint density at radius 2 is 2.03 bits per heavy atom. The van der Waals surface area contributed by atoms with Crippen molar-refractivity contribution < 1.29 is 27.8 Å². The van der Waals surface area contributed by atoms with Gasteiger partial charge in [-0.15, -0.1) is 12.4 Å². The number of phenols is 1. The predicted molar refractivity (Wildman–Crippen MR) is 108 cm³/mol. The maximum absolute atomic E-state index is 13.8. The largest absolute Gasteiger partial charge is 0.504 e. The van der Waals surface area contributed by atoms with Crippen molar-refractivity contribution in [3.8, 4) is 23.0 Å². The molecule has 0 radical (unpaired) electrons. The Hall–Kier alpha value is -3.17. The van der Waals surface area contributed by atoms with Gasteiger partial charge >= 0.3 is 0 Å². The molecule has 7 nitrogen and oxygen atoms in total. The molecule has 1 aromatic heterocycles. The first-order valence-electron chi connectivity index (χ1n) is 8.66. The Balaban J connectivity index is 0.00000320. The van der Waals surface area contributed by atoms with Crippen LogP contribution >= 0.6 is 12.4 Å². The number of benzene rings is 2. The molecular weight excluding hydrogens is 420 g/mol. The summed E-state index contributed by atoms with van der Waals surface area (Å²) in [6, 6.07) is 6.94. The van der Waals surface area contributed by atoms with Crippen LogP contribution in [0.2, 0.25) is 0 Å². The van der Waals surface area contributed by atoms with Gasteiger partial charge in [0, 0.05) is 23.7 Å². The van der Waals surface area contributed by atoms with Crippen LogP contribution in [0.1, 0.15) is 34.8 Å². The van der Waals surface area contributed by atoms with Gasteiger partial charge in [-0.1, -0.05) is 6.07 Å². The molecular formula is C20H20ClF2N3O4. The number of ether oxygens (including phenoxy) is 1. The van der Waals surface area contributed by atoms with Gasteiger partial charge in [0.1, 0.15) is 11.6 Å². The number of phenolic OH excluding ortho intramolecular Hbond substituents is 1. The molecule has 0 aliphatic carbocycles. The zero-order valence-electron chi connectivity index (χ0n) is 16.1. The maximum atomic E-state index is 13.8. The number of hydrogen-bond acceptors (Lipinski definition) is 6. The number of nitrogens with one attached hydrogen (secondary N) is 1. The number of oxazole rings is 1. The smallest absolute Gasteiger partial charge is 0.273 e. The van der Waals surface area contributed by atoms with Crippen molar-refractivity contribution in [3.63, 3.8) is 0 Å². The van der Waals surface area contributed by atoms with Gasteiger partial charge in [-0.3, -0.25) is 4.79 Å². The summed E-state index contributed by atoms with van der Waals surface area (Å²) in [5, 5.41) is 12.5. The molecule has 10 heteroatoms. The van der Waals surface area contributed by atoms with Crippen molar-refractivity contribution >= 4 is 18.3 Å². The predicted octanol–water partition coefficient (Wildman–Crippen LogP) is 3.71. The van der Waals surface area contributed by atoms with Crippen LogP contribution in [0, 0.1) is 11.6 Å². The summed E-state index contributed by atoms with van der Waals surface area (Å²) in [6.07, 6.45) is 0. The number of nitrogens with zero attached hydrogens (tertiary/aromatic N) is 1. The van der Waals surface area contributed by atoms with E-state index < -0.39 is 23.6 Å². The van der Waals surface area contributed by atoms with E-state index in [0.29, 0.717) is 5.56 Å². The Morgan fingerprint density at radius 1 is 1.30 bits per heavy atom. The van der Waals surface area contributed by atoms with Crippen molar-refractivity contribution in [2.24, 2.45) is 5.73 Å². The molecule has 0 aliphatic heterocycles. The average molecular weight is 440 g/mol. The fourth-order valence-electron chi connectivity index (χ4n) is 2.67. The lowest BCUT2D eigenvalue weighted by Crippen LogP contribution is -2.25. The number of aromatic nitrogens is 1. The quantitative estimate of drug-likeness (QED) is 0.540. The Labute approximate surface area is 177 Å². The van der Waals surface area contributed by atoms with Crippen LogP contribution in [0.3, 0.4) is 0 Å². The van der Waals surface area contributed by atoms with Crippen molar-refractivity contribution in [3.05, 3.63) is 65.1 Å². The molecule has 0 unspecified atom stereocenters. The number of aromatic hydroxyl groups is 1. The van der Waals surface area contributed by atoms with E-state index in [4.69, 9.17) is 14.9 Å². The van der Waals surface area contributed by atoms with E-state index in [1.807, 2.05) is 0 Å². The van der Waals surface area contributed by atoms with E-state index in [1.165, 1.54) is 25.3 Å². The molecule has 2 aromatic carbocycles. The SMILES string of the molecule is COc1ccc(-c2nc(C(=O)NCc3ccc(F)cc3F)c([C@H](C)N)o2)cc1O.Cl. The lowest BCUT2D eigenvalue weighted by Gasteiger charge is -2.07. The molecule has 4 N–H and O–H groups in total. The minimum absolute atomic E-state index is 0. The third kappa shape index (κ3) is 4.87. The monoisotopic (exact) mass is 439 g/mol. The zero-order valence-corrected chi connectivity index (χ0v) is 16.9. The van der Waals surface area contributed by atoms with Crippen LogP contribution in [0.25, 0.3) is 11.5 Å². The second-order valence-corrected chi connectivity index (χ2v) is 6.33. The van der Waals surface area contributed by atoms with Crippen molar-refractivity contribution in [2.75, 3.05) is 7.11 Å². The van der Waals surface area contributed by atoms with E-state index in [9.17, 15) is 18.7 Å². The van der Waals surface area contributed by atoms with Crippen molar-refractivity contribution in [2.45, 2.75) is 19.5 Å². The second kappa shape index (κ2) is 9.55. The molecule has 1 amide bonds. The average Bonchev–Trinajstić information content (AvgIpc) is 3.13. The topological polar surface area (TPSA) is 111 Å². The summed E-state index contributed by atoms with van der Waals surface area (Å²) in [4.78, 5) is 16.8. The van der Waals surface area contributed by atoms with Gasteiger partial charge < -0.3 is 25.3 Å². The number of nitrogens with two attached hydrogens (primary N) is 1. The first-order chi connectivity index (χ1) is 13.8. The molecule has 3 rings (SSSR count). The second-order valence-electron chi connectivity index (χ2n) is 6.33. The molecule has 0 saturated heterocycles. The highest BCUT2D eigenvalue weighted by Crippen LogP contribution is 2.32. The number of methoxy groups -OCH3 is 1. The normalized spacial score (nSPS) is 11.5. The summed E-state index contributed by atoms with van der Waals surface area (Å²) >= 11 is 0. The van der Waals surface area contributed by atoms with Crippen LogP contribution in [-0.4, -0.2) is 23.1 Å². The number of carbonyl (C=O) groups excluding carboxylic acids is 1. The minimum Gasteiger partial charge on any atom is -0.504 e. The molecule has 1 atom stereocenters. The molecule has 0 spiro atoms. The number of rotatable bonds is 6. The molecule has 0 bridgehead atoms. The maximum Gasteiger partial charge on any atom is 0.273 e. The van der Waals surface area contributed by atoms with Crippen LogP contribution in [0.15, 0.2) is 40.8 Å². The fraction of sp³-hybridized carbons (Fsp3) is 0.200. The summed E-state index contributed by atoms with van der Waals surface area (Å²) in [5.41, 5.74) is 6.35. The summed E-state index contributed by atoms with van der Waals surface area (Å²) in [6.45, 7) is 1.45. The summed E-state index contributed by atoms with van der Waals surface area (Å²) in [5.74, 6) is -1.75. The zero-order chi connectivity index (χ0) is 21.1. The van der Waals surface area contributed by atoms with Crippen LogP contribution in [-0.2, 0) is 6.54 Å².